The molecule has 1 heterocycles. The molecular formula is C12H24N2O4S. The van der Waals surface area contributed by atoms with Crippen molar-refractivity contribution in [1.82, 2.24) is 9.21 Å². The van der Waals surface area contributed by atoms with Crippen molar-refractivity contribution in [2.24, 2.45) is 0 Å². The number of nitrogens with zero attached hydrogens (tertiary/aromatic N) is 2. The molecular weight excluding hydrogens is 268 g/mol. The molecule has 0 radical (unpaired) electrons. The number of ether oxygens (including phenoxy) is 1. The largest absolute Gasteiger partial charge is 0.385 e. The molecule has 19 heavy (non-hydrogen) atoms. The highest BCUT2D eigenvalue weighted by molar-refractivity contribution is 7.88. The van der Waals surface area contributed by atoms with Gasteiger partial charge in [0, 0.05) is 46.3 Å². The molecule has 0 saturated carbocycles. The summed E-state index contributed by atoms with van der Waals surface area (Å²) in [6.45, 7) is 2.80. The third-order valence-corrected chi connectivity index (χ3v) is 4.56. The minimum Gasteiger partial charge on any atom is -0.385 e. The van der Waals surface area contributed by atoms with Gasteiger partial charge in [-0.2, -0.15) is 0 Å². The lowest BCUT2D eigenvalue weighted by molar-refractivity contribution is -0.130. The van der Waals surface area contributed by atoms with Crippen LogP contribution in [-0.2, 0) is 19.6 Å². The Labute approximate surface area is 115 Å². The molecule has 7 heteroatoms. The molecule has 0 unspecified atom stereocenters. The van der Waals surface area contributed by atoms with E-state index in [9.17, 15) is 13.2 Å². The third kappa shape index (κ3) is 5.88. The predicted octanol–water partition coefficient (Wildman–Crippen LogP) is 0.297. The maximum absolute atomic E-state index is 11.9. The number of rotatable bonds is 8. The van der Waals surface area contributed by atoms with Crippen LogP contribution >= 0.6 is 0 Å². The molecule has 6 nitrogen and oxygen atoms in total. The zero-order valence-corrected chi connectivity index (χ0v) is 12.6. The molecule has 0 spiro atoms. The average molecular weight is 292 g/mol. The minimum absolute atomic E-state index is 0.0536. The van der Waals surface area contributed by atoms with Gasteiger partial charge in [0.05, 0.1) is 6.26 Å². The van der Waals surface area contributed by atoms with E-state index in [1.54, 1.807) is 7.11 Å². The van der Waals surface area contributed by atoms with Gasteiger partial charge in [0.25, 0.3) is 0 Å². The summed E-state index contributed by atoms with van der Waals surface area (Å²) in [5, 5.41) is 0. The summed E-state index contributed by atoms with van der Waals surface area (Å²) in [7, 11) is -1.67. The molecule has 1 amide bonds. The van der Waals surface area contributed by atoms with Gasteiger partial charge in [-0.15, -0.1) is 0 Å². The van der Waals surface area contributed by atoms with E-state index in [4.69, 9.17) is 4.74 Å². The molecule has 0 aromatic carbocycles. The van der Waals surface area contributed by atoms with Crippen LogP contribution in [0.1, 0.15) is 25.7 Å². The molecule has 0 N–H and O–H groups in total. The first-order valence-corrected chi connectivity index (χ1v) is 8.52. The number of carbonyl (C=O) groups is 1. The number of sulfonamides is 1. The Morgan fingerprint density at radius 3 is 2.42 bits per heavy atom. The fourth-order valence-corrected chi connectivity index (χ4v) is 3.06. The van der Waals surface area contributed by atoms with Crippen LogP contribution in [0.5, 0.6) is 0 Å². The summed E-state index contributed by atoms with van der Waals surface area (Å²) in [5.41, 5.74) is 0. The van der Waals surface area contributed by atoms with Crippen molar-refractivity contribution in [3.63, 3.8) is 0 Å². The molecule has 1 aliphatic rings. The van der Waals surface area contributed by atoms with Gasteiger partial charge in [-0.1, -0.05) is 0 Å². The Kier molecular flexibility index (Phi) is 6.74. The number of hydrogen-bond acceptors (Lipinski definition) is 4. The molecule has 1 fully saturated rings. The van der Waals surface area contributed by atoms with Gasteiger partial charge in [0.1, 0.15) is 0 Å². The topological polar surface area (TPSA) is 66.9 Å². The zero-order chi connectivity index (χ0) is 14.3. The lowest BCUT2D eigenvalue weighted by atomic mass is 10.3. The van der Waals surface area contributed by atoms with Gasteiger partial charge >= 0.3 is 0 Å². The number of likely N-dealkylation sites (tertiary alicyclic amines) is 1. The van der Waals surface area contributed by atoms with E-state index in [1.807, 2.05) is 4.90 Å². The lowest BCUT2D eigenvalue weighted by Gasteiger charge is -2.21. The van der Waals surface area contributed by atoms with Gasteiger partial charge < -0.3 is 9.64 Å². The highest BCUT2D eigenvalue weighted by Gasteiger charge is 2.21. The van der Waals surface area contributed by atoms with Crippen LogP contribution in [0.4, 0.5) is 0 Å². The van der Waals surface area contributed by atoms with Crippen LogP contribution in [0.15, 0.2) is 0 Å². The molecule has 112 valence electrons. The van der Waals surface area contributed by atoms with Gasteiger partial charge in [-0.25, -0.2) is 12.7 Å². The third-order valence-electron chi connectivity index (χ3n) is 3.26. The number of carbonyl (C=O) groups excluding carboxylic acids is 1. The van der Waals surface area contributed by atoms with Crippen LogP contribution in [0.25, 0.3) is 0 Å². The van der Waals surface area contributed by atoms with Gasteiger partial charge in [-0.3, -0.25) is 4.79 Å². The number of amides is 1. The van der Waals surface area contributed by atoms with E-state index in [0.29, 0.717) is 19.6 Å². The summed E-state index contributed by atoms with van der Waals surface area (Å²) in [5.74, 6) is 0.0536. The summed E-state index contributed by atoms with van der Waals surface area (Å²) in [6, 6.07) is 0. The molecule has 0 aromatic rings. The van der Waals surface area contributed by atoms with Crippen molar-refractivity contribution in [1.29, 1.82) is 0 Å². The summed E-state index contributed by atoms with van der Waals surface area (Å²) >= 11 is 0. The Balaban J connectivity index is 2.41. The van der Waals surface area contributed by atoms with Gasteiger partial charge in [-0.05, 0) is 19.3 Å². The van der Waals surface area contributed by atoms with Crippen molar-refractivity contribution in [2.45, 2.75) is 25.7 Å². The first-order chi connectivity index (χ1) is 8.95. The van der Waals surface area contributed by atoms with Crippen molar-refractivity contribution >= 4 is 15.9 Å². The average Bonchev–Trinajstić information content (AvgIpc) is 2.85. The SMILES string of the molecule is COCCCN(CCC(=O)N1CCCC1)S(C)(=O)=O. The molecule has 0 bridgehead atoms. The predicted molar refractivity (Wildman–Crippen MR) is 73.3 cm³/mol. The smallest absolute Gasteiger partial charge is 0.223 e. The molecule has 1 saturated heterocycles. The van der Waals surface area contributed by atoms with Crippen LogP contribution in [0.3, 0.4) is 0 Å². The highest BCUT2D eigenvalue weighted by Crippen LogP contribution is 2.10. The highest BCUT2D eigenvalue weighted by atomic mass is 32.2. The van der Waals surface area contributed by atoms with E-state index in [1.165, 1.54) is 10.6 Å². The zero-order valence-electron chi connectivity index (χ0n) is 11.8. The maximum atomic E-state index is 11.9. The molecule has 1 aliphatic heterocycles. The second-order valence-corrected chi connectivity index (χ2v) is 6.83. The Morgan fingerprint density at radius 1 is 1.26 bits per heavy atom. The second-order valence-electron chi connectivity index (χ2n) is 4.85. The van der Waals surface area contributed by atoms with Crippen molar-refractivity contribution in [3.05, 3.63) is 0 Å². The van der Waals surface area contributed by atoms with Crippen LogP contribution in [-0.4, -0.2) is 69.7 Å². The Morgan fingerprint density at radius 2 is 1.89 bits per heavy atom. The maximum Gasteiger partial charge on any atom is 0.223 e. The van der Waals surface area contributed by atoms with Crippen LogP contribution < -0.4 is 0 Å². The van der Waals surface area contributed by atoms with E-state index >= 15 is 0 Å². The Bertz CT molecular complexity index is 377. The molecule has 0 atom stereocenters. The first-order valence-electron chi connectivity index (χ1n) is 6.67. The van der Waals surface area contributed by atoms with Gasteiger partial charge in [0.2, 0.25) is 15.9 Å². The van der Waals surface area contributed by atoms with Crippen molar-refractivity contribution < 1.29 is 17.9 Å². The summed E-state index contributed by atoms with van der Waals surface area (Å²) in [6.07, 6.45) is 4.19. The molecule has 1 rings (SSSR count). The summed E-state index contributed by atoms with van der Waals surface area (Å²) in [4.78, 5) is 13.7. The van der Waals surface area contributed by atoms with Crippen LogP contribution in [0.2, 0.25) is 0 Å². The van der Waals surface area contributed by atoms with E-state index in [2.05, 4.69) is 0 Å². The van der Waals surface area contributed by atoms with Crippen molar-refractivity contribution in [3.8, 4) is 0 Å². The fraction of sp³-hybridized carbons (Fsp3) is 0.917. The molecule has 0 aliphatic carbocycles. The lowest BCUT2D eigenvalue weighted by Crippen LogP contribution is -2.36. The standard InChI is InChI=1S/C12H24N2O4S/c1-18-11-5-9-14(19(2,16)17)10-6-12(15)13-7-3-4-8-13/h3-11H2,1-2H3. The van der Waals surface area contributed by atoms with Crippen molar-refractivity contribution in [2.75, 3.05) is 46.2 Å². The molecule has 0 aromatic heterocycles. The van der Waals surface area contributed by atoms with E-state index in [-0.39, 0.29) is 18.9 Å². The number of hydrogen-bond donors (Lipinski definition) is 0. The quantitative estimate of drug-likeness (QED) is 0.603. The number of methoxy groups -OCH3 is 1. The monoisotopic (exact) mass is 292 g/mol. The van der Waals surface area contributed by atoms with E-state index in [0.717, 1.165) is 25.9 Å². The fourth-order valence-electron chi connectivity index (χ4n) is 2.17. The normalized spacial score (nSPS) is 16.3. The Hall–Kier alpha value is -0.660. The van der Waals surface area contributed by atoms with E-state index < -0.39 is 10.0 Å². The summed E-state index contributed by atoms with van der Waals surface area (Å²) < 4.78 is 29.5. The van der Waals surface area contributed by atoms with Crippen LogP contribution in [0, 0.1) is 0 Å². The minimum atomic E-state index is -3.26. The van der Waals surface area contributed by atoms with Gasteiger partial charge in [0.15, 0.2) is 0 Å². The first kappa shape index (κ1) is 16.4. The second kappa shape index (κ2) is 7.81.